The van der Waals surface area contributed by atoms with Gasteiger partial charge in [-0.25, -0.2) is 12.7 Å². The lowest BCUT2D eigenvalue weighted by atomic mass is 10.1. The van der Waals surface area contributed by atoms with Crippen molar-refractivity contribution < 1.29 is 27.5 Å². The lowest BCUT2D eigenvalue weighted by Crippen LogP contribution is -2.41. The Kier molecular flexibility index (Phi) is 5.52. The SMILES string of the molecule is COc1cc(C)c(CN(C)C(=O)CN2C(=O)c3ccccc3S2(=O)=O)cc1OC. The van der Waals surface area contributed by atoms with Crippen molar-refractivity contribution in [3.8, 4) is 11.5 Å². The molecule has 0 saturated heterocycles. The van der Waals surface area contributed by atoms with E-state index in [1.165, 1.54) is 31.3 Å². The number of amides is 2. The van der Waals surface area contributed by atoms with Gasteiger partial charge in [0.2, 0.25) is 5.91 Å². The molecule has 2 amide bonds. The second kappa shape index (κ2) is 7.75. The number of nitrogens with zero attached hydrogens (tertiary/aromatic N) is 2. The van der Waals surface area contributed by atoms with Crippen LogP contribution >= 0.6 is 0 Å². The number of likely N-dealkylation sites (N-methyl/N-ethyl adjacent to an activating group) is 1. The fourth-order valence-corrected chi connectivity index (χ4v) is 4.69. The first-order valence-electron chi connectivity index (χ1n) is 8.82. The van der Waals surface area contributed by atoms with Crippen LogP contribution < -0.4 is 9.47 Å². The number of hydrogen-bond acceptors (Lipinski definition) is 6. The molecule has 2 aromatic rings. The zero-order chi connectivity index (χ0) is 21.3. The number of sulfonamides is 1. The van der Waals surface area contributed by atoms with E-state index in [4.69, 9.17) is 9.47 Å². The molecule has 1 heterocycles. The van der Waals surface area contributed by atoms with Gasteiger partial charge in [0.15, 0.2) is 11.5 Å². The molecule has 0 spiro atoms. The molecule has 0 fully saturated rings. The van der Waals surface area contributed by atoms with E-state index in [2.05, 4.69) is 0 Å². The van der Waals surface area contributed by atoms with Gasteiger partial charge in [-0.05, 0) is 42.3 Å². The highest BCUT2D eigenvalue weighted by Crippen LogP contribution is 2.31. The van der Waals surface area contributed by atoms with Gasteiger partial charge in [-0.15, -0.1) is 0 Å². The second-order valence-electron chi connectivity index (χ2n) is 6.70. The standard InChI is InChI=1S/C20H22N2O6S/c1-13-9-16(27-3)17(28-4)10-14(13)11-21(2)19(23)12-22-20(24)15-7-5-6-8-18(15)29(22,25)26/h5-10H,11-12H2,1-4H3. The molecule has 29 heavy (non-hydrogen) atoms. The van der Waals surface area contributed by atoms with Crippen molar-refractivity contribution in [2.75, 3.05) is 27.8 Å². The molecule has 0 saturated carbocycles. The third kappa shape index (κ3) is 3.65. The number of carbonyl (C=O) groups is 2. The molecule has 9 heteroatoms. The van der Waals surface area contributed by atoms with E-state index in [9.17, 15) is 18.0 Å². The largest absolute Gasteiger partial charge is 0.493 e. The van der Waals surface area contributed by atoms with E-state index in [0.717, 1.165) is 11.1 Å². The molecular weight excluding hydrogens is 396 g/mol. The third-order valence-electron chi connectivity index (χ3n) is 4.87. The van der Waals surface area contributed by atoms with E-state index in [-0.39, 0.29) is 17.0 Å². The van der Waals surface area contributed by atoms with Crippen LogP contribution in [-0.2, 0) is 21.4 Å². The number of rotatable bonds is 6. The van der Waals surface area contributed by atoms with Crippen molar-refractivity contribution in [3.05, 3.63) is 53.1 Å². The van der Waals surface area contributed by atoms with Gasteiger partial charge in [0.1, 0.15) is 11.4 Å². The van der Waals surface area contributed by atoms with Crippen LogP contribution in [0.3, 0.4) is 0 Å². The Morgan fingerprint density at radius 3 is 2.34 bits per heavy atom. The Bertz CT molecular complexity index is 1080. The molecule has 0 aromatic heterocycles. The third-order valence-corrected chi connectivity index (χ3v) is 6.65. The summed E-state index contributed by atoms with van der Waals surface area (Å²) in [6, 6.07) is 9.51. The second-order valence-corrected chi connectivity index (χ2v) is 8.53. The van der Waals surface area contributed by atoms with Crippen LogP contribution in [0.25, 0.3) is 0 Å². The Balaban J connectivity index is 1.78. The van der Waals surface area contributed by atoms with Gasteiger partial charge in [-0.3, -0.25) is 9.59 Å². The molecule has 0 unspecified atom stereocenters. The van der Waals surface area contributed by atoms with Crippen molar-refractivity contribution in [2.24, 2.45) is 0 Å². The molecule has 8 nitrogen and oxygen atoms in total. The molecule has 0 atom stereocenters. The van der Waals surface area contributed by atoms with E-state index in [0.29, 0.717) is 15.8 Å². The van der Waals surface area contributed by atoms with Gasteiger partial charge in [0.25, 0.3) is 15.9 Å². The first-order chi connectivity index (χ1) is 13.7. The summed E-state index contributed by atoms with van der Waals surface area (Å²) >= 11 is 0. The average molecular weight is 418 g/mol. The molecule has 0 aliphatic carbocycles. The smallest absolute Gasteiger partial charge is 0.269 e. The summed E-state index contributed by atoms with van der Waals surface area (Å²) in [5, 5.41) is 0. The van der Waals surface area contributed by atoms with Gasteiger partial charge in [-0.2, -0.15) is 0 Å². The minimum atomic E-state index is -4.03. The van der Waals surface area contributed by atoms with E-state index in [1.54, 1.807) is 31.3 Å². The van der Waals surface area contributed by atoms with Crippen LogP contribution in [0, 0.1) is 6.92 Å². The molecule has 0 N–H and O–H groups in total. The molecule has 154 valence electrons. The number of ether oxygens (including phenoxy) is 2. The predicted octanol–water partition coefficient (Wildman–Crippen LogP) is 1.82. The Morgan fingerprint density at radius 2 is 1.72 bits per heavy atom. The van der Waals surface area contributed by atoms with E-state index in [1.807, 2.05) is 6.92 Å². The molecule has 0 radical (unpaired) electrons. The molecule has 0 bridgehead atoms. The maximum atomic E-state index is 12.7. The monoisotopic (exact) mass is 418 g/mol. The Hall–Kier alpha value is -3.07. The number of hydrogen-bond donors (Lipinski definition) is 0. The molecular formula is C20H22N2O6S. The van der Waals surface area contributed by atoms with Crippen molar-refractivity contribution in [2.45, 2.75) is 18.4 Å². The first-order valence-corrected chi connectivity index (χ1v) is 10.3. The molecule has 2 aromatic carbocycles. The highest BCUT2D eigenvalue weighted by molar-refractivity contribution is 7.90. The summed E-state index contributed by atoms with van der Waals surface area (Å²) in [6.45, 7) is 1.54. The van der Waals surface area contributed by atoms with Gasteiger partial charge >= 0.3 is 0 Å². The van der Waals surface area contributed by atoms with Crippen molar-refractivity contribution >= 4 is 21.8 Å². The summed E-state index contributed by atoms with van der Waals surface area (Å²) in [5.74, 6) is -0.0792. The van der Waals surface area contributed by atoms with Gasteiger partial charge in [0.05, 0.1) is 19.8 Å². The predicted molar refractivity (Wildman–Crippen MR) is 105 cm³/mol. The lowest BCUT2D eigenvalue weighted by Gasteiger charge is -2.22. The number of aryl methyl sites for hydroxylation is 1. The first kappa shape index (κ1) is 20.7. The fourth-order valence-electron chi connectivity index (χ4n) is 3.17. The summed E-state index contributed by atoms with van der Waals surface area (Å²) < 4.78 is 36.4. The maximum absolute atomic E-state index is 12.7. The number of carbonyl (C=O) groups excluding carboxylic acids is 2. The number of methoxy groups -OCH3 is 2. The van der Waals surface area contributed by atoms with Crippen molar-refractivity contribution in [1.82, 2.24) is 9.21 Å². The van der Waals surface area contributed by atoms with Gasteiger partial charge in [0, 0.05) is 13.6 Å². The van der Waals surface area contributed by atoms with Crippen LogP contribution in [0.4, 0.5) is 0 Å². The fraction of sp³-hybridized carbons (Fsp3) is 0.300. The lowest BCUT2D eigenvalue weighted by molar-refractivity contribution is -0.130. The highest BCUT2D eigenvalue weighted by Gasteiger charge is 2.42. The quantitative estimate of drug-likeness (QED) is 0.710. The maximum Gasteiger partial charge on any atom is 0.269 e. The van der Waals surface area contributed by atoms with Crippen molar-refractivity contribution in [3.63, 3.8) is 0 Å². The van der Waals surface area contributed by atoms with Gasteiger partial charge in [-0.1, -0.05) is 12.1 Å². The number of fused-ring (bicyclic) bond motifs is 1. The van der Waals surface area contributed by atoms with Crippen LogP contribution in [-0.4, -0.2) is 57.2 Å². The molecule has 3 rings (SSSR count). The minimum Gasteiger partial charge on any atom is -0.493 e. The Labute approximate surface area is 169 Å². The summed E-state index contributed by atoms with van der Waals surface area (Å²) in [6.07, 6.45) is 0. The average Bonchev–Trinajstić information content (AvgIpc) is 2.90. The normalized spacial score (nSPS) is 14.5. The van der Waals surface area contributed by atoms with Gasteiger partial charge < -0.3 is 14.4 Å². The Morgan fingerprint density at radius 1 is 1.10 bits per heavy atom. The van der Waals surface area contributed by atoms with Crippen LogP contribution in [0.1, 0.15) is 21.5 Å². The van der Waals surface area contributed by atoms with Crippen molar-refractivity contribution in [1.29, 1.82) is 0 Å². The minimum absolute atomic E-state index is 0.0730. The summed E-state index contributed by atoms with van der Waals surface area (Å²) in [7, 11) is 0.590. The summed E-state index contributed by atoms with van der Waals surface area (Å²) in [5.41, 5.74) is 1.79. The van der Waals surface area contributed by atoms with Crippen LogP contribution in [0.2, 0.25) is 0 Å². The van der Waals surface area contributed by atoms with E-state index < -0.39 is 28.4 Å². The zero-order valence-electron chi connectivity index (χ0n) is 16.6. The van der Waals surface area contributed by atoms with Crippen LogP contribution in [0.15, 0.2) is 41.3 Å². The van der Waals surface area contributed by atoms with Crippen LogP contribution in [0.5, 0.6) is 11.5 Å². The van der Waals surface area contributed by atoms with E-state index >= 15 is 0 Å². The topological polar surface area (TPSA) is 93.2 Å². The molecule has 1 aliphatic heterocycles. The zero-order valence-corrected chi connectivity index (χ0v) is 17.4. The number of benzene rings is 2. The molecule has 1 aliphatic rings. The highest BCUT2D eigenvalue weighted by atomic mass is 32.2. The summed E-state index contributed by atoms with van der Waals surface area (Å²) in [4.78, 5) is 26.5.